The summed E-state index contributed by atoms with van der Waals surface area (Å²) in [5, 5.41) is 5.53. The van der Waals surface area contributed by atoms with Crippen LogP contribution in [0.2, 0.25) is 0 Å². The van der Waals surface area contributed by atoms with Crippen molar-refractivity contribution in [3.05, 3.63) is 120 Å². The van der Waals surface area contributed by atoms with Crippen LogP contribution in [0.5, 0.6) is 11.5 Å². The Balaban J connectivity index is 1.57. The highest BCUT2D eigenvalue weighted by Gasteiger charge is 2.19. The molecule has 0 radical (unpaired) electrons. The number of carbonyl (C=O) groups excluding carboxylic acids is 2. The van der Waals surface area contributed by atoms with Gasteiger partial charge in [0.25, 0.3) is 0 Å². The predicted octanol–water partition coefficient (Wildman–Crippen LogP) is 6.71. The van der Waals surface area contributed by atoms with Gasteiger partial charge in [-0.1, -0.05) is 66.7 Å². The minimum Gasteiger partial charge on any atom is -0.497 e. The average molecular weight is 467 g/mol. The molecule has 0 aliphatic heterocycles. The van der Waals surface area contributed by atoms with E-state index in [1.165, 1.54) is 6.92 Å². The number of rotatable bonds is 8. The summed E-state index contributed by atoms with van der Waals surface area (Å²) in [7, 11) is 1.56. The Bertz CT molecular complexity index is 1270. The van der Waals surface area contributed by atoms with Crippen LogP contribution in [0.3, 0.4) is 0 Å². The highest BCUT2D eigenvalue weighted by Crippen LogP contribution is 2.32. The Morgan fingerprint density at radius 3 is 1.89 bits per heavy atom. The SMILES string of the molecule is COc1cccc(NC(=O)Nc2ccc(OC(c3ccccc3)c3ccccc3)c(C(C)=O)c2)c1. The maximum Gasteiger partial charge on any atom is 0.323 e. The van der Waals surface area contributed by atoms with Gasteiger partial charge in [0.1, 0.15) is 17.6 Å². The van der Waals surface area contributed by atoms with E-state index in [-0.39, 0.29) is 5.78 Å². The van der Waals surface area contributed by atoms with Gasteiger partial charge < -0.3 is 20.1 Å². The summed E-state index contributed by atoms with van der Waals surface area (Å²) in [4.78, 5) is 25.0. The number of hydrogen-bond donors (Lipinski definition) is 2. The van der Waals surface area contributed by atoms with Gasteiger partial charge in [-0.3, -0.25) is 4.79 Å². The fraction of sp³-hybridized carbons (Fsp3) is 0.103. The number of nitrogens with one attached hydrogen (secondary N) is 2. The van der Waals surface area contributed by atoms with Crippen LogP contribution in [0.25, 0.3) is 0 Å². The third-order valence-electron chi connectivity index (χ3n) is 5.39. The molecule has 6 heteroatoms. The summed E-state index contributed by atoms with van der Waals surface area (Å²) < 4.78 is 11.6. The second-order valence-corrected chi connectivity index (χ2v) is 7.90. The number of benzene rings is 4. The molecule has 2 amide bonds. The molecule has 6 nitrogen and oxygen atoms in total. The molecule has 0 fully saturated rings. The lowest BCUT2D eigenvalue weighted by Gasteiger charge is -2.22. The zero-order valence-corrected chi connectivity index (χ0v) is 19.5. The van der Waals surface area contributed by atoms with Gasteiger partial charge in [0.15, 0.2) is 5.78 Å². The number of ketones is 1. The van der Waals surface area contributed by atoms with E-state index in [2.05, 4.69) is 10.6 Å². The molecule has 176 valence electrons. The third-order valence-corrected chi connectivity index (χ3v) is 5.39. The maximum absolute atomic E-state index is 12.5. The van der Waals surface area contributed by atoms with Gasteiger partial charge in [0, 0.05) is 17.4 Å². The Hall–Kier alpha value is -4.58. The van der Waals surface area contributed by atoms with Crippen molar-refractivity contribution in [1.82, 2.24) is 0 Å². The molecular formula is C29H26N2O4. The zero-order valence-electron chi connectivity index (χ0n) is 19.5. The Morgan fingerprint density at radius 2 is 1.31 bits per heavy atom. The van der Waals surface area contributed by atoms with E-state index in [0.717, 1.165) is 11.1 Å². The Kier molecular flexibility index (Phi) is 7.43. The zero-order chi connectivity index (χ0) is 24.6. The van der Waals surface area contributed by atoms with Gasteiger partial charge >= 0.3 is 6.03 Å². The molecule has 0 saturated heterocycles. The quantitative estimate of drug-likeness (QED) is 0.283. The van der Waals surface area contributed by atoms with Crippen LogP contribution in [0.15, 0.2) is 103 Å². The fourth-order valence-corrected chi connectivity index (χ4v) is 3.69. The van der Waals surface area contributed by atoms with E-state index >= 15 is 0 Å². The summed E-state index contributed by atoms with van der Waals surface area (Å²) in [5.74, 6) is 0.903. The molecule has 4 aromatic carbocycles. The van der Waals surface area contributed by atoms with E-state index < -0.39 is 12.1 Å². The summed E-state index contributed by atoms with van der Waals surface area (Å²) in [6, 6.07) is 31.3. The van der Waals surface area contributed by atoms with Gasteiger partial charge in [0.05, 0.1) is 12.7 Å². The van der Waals surface area contributed by atoms with Crippen LogP contribution >= 0.6 is 0 Å². The molecule has 0 heterocycles. The second-order valence-electron chi connectivity index (χ2n) is 7.90. The van der Waals surface area contributed by atoms with Crippen LogP contribution in [0.4, 0.5) is 16.2 Å². The average Bonchev–Trinajstić information content (AvgIpc) is 2.88. The molecule has 0 aromatic heterocycles. The molecule has 0 aliphatic rings. The van der Waals surface area contributed by atoms with E-state index in [0.29, 0.717) is 28.4 Å². The number of urea groups is 1. The maximum atomic E-state index is 12.5. The van der Waals surface area contributed by atoms with Gasteiger partial charge in [-0.25, -0.2) is 4.79 Å². The monoisotopic (exact) mass is 466 g/mol. The highest BCUT2D eigenvalue weighted by molar-refractivity contribution is 6.02. The number of carbonyl (C=O) groups is 2. The van der Waals surface area contributed by atoms with E-state index in [1.807, 2.05) is 60.7 Å². The Morgan fingerprint density at radius 1 is 0.714 bits per heavy atom. The third kappa shape index (κ3) is 6.06. The predicted molar refractivity (Wildman–Crippen MR) is 137 cm³/mol. The van der Waals surface area contributed by atoms with Gasteiger partial charge in [-0.2, -0.15) is 0 Å². The first-order valence-electron chi connectivity index (χ1n) is 11.2. The van der Waals surface area contributed by atoms with E-state index in [1.54, 1.807) is 49.6 Å². The number of anilines is 2. The number of ether oxygens (including phenoxy) is 2. The fourth-order valence-electron chi connectivity index (χ4n) is 3.69. The van der Waals surface area contributed by atoms with Crippen molar-refractivity contribution in [3.8, 4) is 11.5 Å². The lowest BCUT2D eigenvalue weighted by molar-refractivity contribution is 0.101. The minimum absolute atomic E-state index is 0.170. The first-order chi connectivity index (χ1) is 17.0. The molecule has 0 atom stereocenters. The van der Waals surface area contributed by atoms with Crippen molar-refractivity contribution in [2.24, 2.45) is 0 Å². The second kappa shape index (κ2) is 11.0. The minimum atomic E-state index is -0.437. The van der Waals surface area contributed by atoms with Crippen molar-refractivity contribution >= 4 is 23.2 Å². The van der Waals surface area contributed by atoms with Gasteiger partial charge in [-0.05, 0) is 48.4 Å². The molecule has 4 aromatic rings. The number of amides is 2. The molecule has 0 bridgehead atoms. The van der Waals surface area contributed by atoms with Crippen LogP contribution in [0, 0.1) is 0 Å². The van der Waals surface area contributed by atoms with Crippen LogP contribution < -0.4 is 20.1 Å². The van der Waals surface area contributed by atoms with Crippen molar-refractivity contribution in [2.45, 2.75) is 13.0 Å². The van der Waals surface area contributed by atoms with Gasteiger partial charge in [0.2, 0.25) is 0 Å². The van der Waals surface area contributed by atoms with E-state index in [4.69, 9.17) is 9.47 Å². The smallest absolute Gasteiger partial charge is 0.323 e. The largest absolute Gasteiger partial charge is 0.497 e. The van der Waals surface area contributed by atoms with Crippen molar-refractivity contribution in [3.63, 3.8) is 0 Å². The standard InChI is InChI=1S/C29H26N2O4/c1-20(32)26-19-24(31-29(33)30-23-14-9-15-25(18-23)34-2)16-17-27(26)35-28(21-10-5-3-6-11-21)22-12-7-4-8-13-22/h3-19,28H,1-2H3,(H2,30,31,33). The topological polar surface area (TPSA) is 76.7 Å². The normalized spacial score (nSPS) is 10.5. The van der Waals surface area contributed by atoms with Crippen molar-refractivity contribution < 1.29 is 19.1 Å². The number of methoxy groups -OCH3 is 1. The highest BCUT2D eigenvalue weighted by atomic mass is 16.5. The molecule has 4 rings (SSSR count). The van der Waals surface area contributed by atoms with Gasteiger partial charge in [-0.15, -0.1) is 0 Å². The van der Waals surface area contributed by atoms with Crippen LogP contribution in [-0.2, 0) is 0 Å². The van der Waals surface area contributed by atoms with Crippen LogP contribution in [-0.4, -0.2) is 18.9 Å². The van der Waals surface area contributed by atoms with Crippen LogP contribution in [0.1, 0.15) is 34.5 Å². The summed E-state index contributed by atoms with van der Waals surface area (Å²) in [5.41, 5.74) is 3.36. The lowest BCUT2D eigenvalue weighted by atomic mass is 10.0. The first-order valence-corrected chi connectivity index (χ1v) is 11.2. The molecule has 2 N–H and O–H groups in total. The molecular weight excluding hydrogens is 440 g/mol. The Labute approximate surface area is 204 Å². The molecule has 0 saturated carbocycles. The summed E-state index contributed by atoms with van der Waals surface area (Å²) >= 11 is 0. The number of hydrogen-bond acceptors (Lipinski definition) is 4. The summed E-state index contributed by atoms with van der Waals surface area (Å²) in [6.07, 6.45) is -0.398. The van der Waals surface area contributed by atoms with Crippen molar-refractivity contribution in [1.29, 1.82) is 0 Å². The molecule has 0 unspecified atom stereocenters. The summed E-state index contributed by atoms with van der Waals surface area (Å²) in [6.45, 7) is 1.47. The van der Waals surface area contributed by atoms with E-state index in [9.17, 15) is 9.59 Å². The lowest BCUT2D eigenvalue weighted by Crippen LogP contribution is -2.19. The molecule has 0 spiro atoms. The first kappa shape index (κ1) is 23.6. The molecule has 0 aliphatic carbocycles. The van der Waals surface area contributed by atoms with Crippen molar-refractivity contribution in [2.75, 3.05) is 17.7 Å². The number of Topliss-reactive ketones (excluding diaryl/α,β-unsaturated/α-hetero) is 1. The molecule has 35 heavy (non-hydrogen) atoms.